The Morgan fingerprint density at radius 3 is 2.56 bits per heavy atom. The molecular weight excluding hydrogens is 341 g/mol. The Hall–Kier alpha value is -2.48. The van der Waals surface area contributed by atoms with Crippen LogP contribution in [0.3, 0.4) is 0 Å². The van der Waals surface area contributed by atoms with Crippen molar-refractivity contribution in [2.45, 2.75) is 31.5 Å². The van der Waals surface area contributed by atoms with E-state index in [1.54, 1.807) is 28.8 Å². The monoisotopic (exact) mass is 359 g/mol. The number of nitrogens with zero attached hydrogens (tertiary/aromatic N) is 4. The fourth-order valence-corrected chi connectivity index (χ4v) is 2.91. The number of carbonyl (C=O) groups excluding carboxylic acids is 1. The van der Waals surface area contributed by atoms with Crippen LogP contribution in [0.1, 0.15) is 20.8 Å². The van der Waals surface area contributed by atoms with E-state index in [0.29, 0.717) is 16.5 Å². The van der Waals surface area contributed by atoms with Gasteiger partial charge in [-0.2, -0.15) is 9.61 Å². The Kier molecular flexibility index (Phi) is 4.71. The lowest BCUT2D eigenvalue weighted by Crippen LogP contribution is -2.41. The molecule has 0 aliphatic rings. The summed E-state index contributed by atoms with van der Waals surface area (Å²) in [5.74, 6) is -0.153. The number of halogens is 1. The Labute approximate surface area is 148 Å². The highest BCUT2D eigenvalue weighted by molar-refractivity contribution is 7.99. The van der Waals surface area contributed by atoms with Crippen LogP contribution < -0.4 is 5.32 Å². The Morgan fingerprint density at radius 1 is 1.16 bits per heavy atom. The summed E-state index contributed by atoms with van der Waals surface area (Å²) in [5.41, 5.74) is 1.77. The summed E-state index contributed by atoms with van der Waals surface area (Å²) in [6.45, 7) is 5.79. The molecule has 0 spiro atoms. The molecule has 0 radical (unpaired) electrons. The van der Waals surface area contributed by atoms with Gasteiger partial charge in [-0.3, -0.25) is 4.79 Å². The molecule has 1 N–H and O–H groups in total. The van der Waals surface area contributed by atoms with Crippen molar-refractivity contribution in [3.63, 3.8) is 0 Å². The van der Waals surface area contributed by atoms with E-state index in [1.807, 2.05) is 20.8 Å². The molecule has 0 atom stereocenters. The third-order valence-electron chi connectivity index (χ3n) is 3.22. The molecular formula is C17H18FN5OS. The molecule has 0 saturated heterocycles. The van der Waals surface area contributed by atoms with Crippen LogP contribution in [-0.4, -0.2) is 37.0 Å². The van der Waals surface area contributed by atoms with Crippen molar-refractivity contribution in [3.8, 4) is 11.3 Å². The van der Waals surface area contributed by atoms with Gasteiger partial charge < -0.3 is 5.32 Å². The smallest absolute Gasteiger partial charge is 0.230 e. The topological polar surface area (TPSA) is 72.2 Å². The van der Waals surface area contributed by atoms with Crippen LogP contribution in [0, 0.1) is 5.82 Å². The van der Waals surface area contributed by atoms with Crippen LogP contribution in [0.15, 0.2) is 41.6 Å². The minimum atomic E-state index is -0.296. The molecule has 3 aromatic rings. The third kappa shape index (κ3) is 4.33. The molecule has 130 valence electrons. The number of nitrogens with one attached hydrogen (secondary N) is 1. The quantitative estimate of drug-likeness (QED) is 0.725. The highest BCUT2D eigenvalue weighted by atomic mass is 32.2. The maximum Gasteiger partial charge on any atom is 0.230 e. The average molecular weight is 359 g/mol. The number of hydrogen-bond acceptors (Lipinski definition) is 5. The van der Waals surface area contributed by atoms with Crippen molar-refractivity contribution >= 4 is 23.3 Å². The van der Waals surface area contributed by atoms with E-state index in [2.05, 4.69) is 20.6 Å². The first-order valence-electron chi connectivity index (χ1n) is 7.74. The Bertz CT molecular complexity index is 902. The highest BCUT2D eigenvalue weighted by Gasteiger charge is 2.16. The number of hydrogen-bond donors (Lipinski definition) is 1. The van der Waals surface area contributed by atoms with Crippen molar-refractivity contribution in [2.24, 2.45) is 0 Å². The van der Waals surface area contributed by atoms with E-state index < -0.39 is 0 Å². The van der Waals surface area contributed by atoms with Crippen LogP contribution in [0.2, 0.25) is 0 Å². The summed E-state index contributed by atoms with van der Waals surface area (Å²) in [4.78, 5) is 12.0. The zero-order chi connectivity index (χ0) is 18.0. The van der Waals surface area contributed by atoms with Gasteiger partial charge in [-0.25, -0.2) is 4.39 Å². The second kappa shape index (κ2) is 6.79. The van der Waals surface area contributed by atoms with Crippen LogP contribution in [0.5, 0.6) is 0 Å². The third-order valence-corrected chi connectivity index (χ3v) is 4.14. The van der Waals surface area contributed by atoms with Gasteiger partial charge in [0.25, 0.3) is 0 Å². The Balaban J connectivity index is 1.81. The summed E-state index contributed by atoms with van der Waals surface area (Å²) in [5, 5.41) is 16.1. The number of thioether (sulfide) groups is 1. The lowest BCUT2D eigenvalue weighted by atomic mass is 10.1. The largest absolute Gasteiger partial charge is 0.351 e. The maximum absolute atomic E-state index is 13.1. The molecule has 8 heteroatoms. The predicted octanol–water partition coefficient (Wildman–Crippen LogP) is 2.94. The normalized spacial score (nSPS) is 11.7. The van der Waals surface area contributed by atoms with Crippen molar-refractivity contribution in [1.29, 1.82) is 0 Å². The summed E-state index contributed by atoms with van der Waals surface area (Å²) in [6.07, 6.45) is 0. The van der Waals surface area contributed by atoms with Crippen LogP contribution in [-0.2, 0) is 4.79 Å². The van der Waals surface area contributed by atoms with Gasteiger partial charge in [-0.05, 0) is 57.2 Å². The van der Waals surface area contributed by atoms with Gasteiger partial charge in [0.05, 0.1) is 11.4 Å². The van der Waals surface area contributed by atoms with Gasteiger partial charge >= 0.3 is 0 Å². The zero-order valence-electron chi connectivity index (χ0n) is 14.2. The molecule has 2 aromatic heterocycles. The lowest BCUT2D eigenvalue weighted by molar-refractivity contribution is -0.119. The maximum atomic E-state index is 13.1. The van der Waals surface area contributed by atoms with Crippen LogP contribution in [0.25, 0.3) is 16.9 Å². The lowest BCUT2D eigenvalue weighted by Gasteiger charge is -2.20. The number of benzene rings is 1. The van der Waals surface area contributed by atoms with Gasteiger partial charge in [0.1, 0.15) is 5.82 Å². The predicted molar refractivity (Wildman–Crippen MR) is 94.8 cm³/mol. The number of rotatable bonds is 4. The van der Waals surface area contributed by atoms with Gasteiger partial charge in [0, 0.05) is 11.1 Å². The van der Waals surface area contributed by atoms with Crippen molar-refractivity contribution < 1.29 is 9.18 Å². The van der Waals surface area contributed by atoms with E-state index in [4.69, 9.17) is 0 Å². The number of fused-ring (bicyclic) bond motifs is 1. The summed E-state index contributed by atoms with van der Waals surface area (Å²) < 4.78 is 14.7. The zero-order valence-corrected chi connectivity index (χ0v) is 15.0. The first kappa shape index (κ1) is 17.3. The second-order valence-corrected chi connectivity index (χ2v) is 7.51. The molecule has 0 fully saturated rings. The Morgan fingerprint density at radius 2 is 1.88 bits per heavy atom. The minimum absolute atomic E-state index is 0.0797. The molecule has 0 unspecified atom stereocenters. The molecule has 1 amide bonds. The molecule has 0 bridgehead atoms. The highest BCUT2D eigenvalue weighted by Crippen LogP contribution is 2.21. The van der Waals surface area contributed by atoms with Gasteiger partial charge in [-0.1, -0.05) is 11.8 Å². The molecule has 3 rings (SSSR count). The van der Waals surface area contributed by atoms with Crippen LogP contribution in [0.4, 0.5) is 4.39 Å². The van der Waals surface area contributed by atoms with Crippen LogP contribution >= 0.6 is 11.8 Å². The standard InChI is InChI=1S/C17H18FN5OS/c1-17(2,3)19-15(24)10-25-16-21-20-14-9-8-13(22-23(14)16)11-4-6-12(18)7-5-11/h4-9H,10H2,1-3H3,(H,19,24). The number of aromatic nitrogens is 4. The first-order chi connectivity index (χ1) is 11.8. The second-order valence-electron chi connectivity index (χ2n) is 6.56. The summed E-state index contributed by atoms with van der Waals surface area (Å²) in [6, 6.07) is 9.70. The SMILES string of the molecule is CC(C)(C)NC(=O)CSc1nnc2ccc(-c3ccc(F)cc3)nn12. The minimum Gasteiger partial charge on any atom is -0.351 e. The van der Waals surface area contributed by atoms with Gasteiger partial charge in [0.15, 0.2) is 5.65 Å². The van der Waals surface area contributed by atoms with E-state index in [1.165, 1.54) is 23.9 Å². The molecule has 0 aliphatic heterocycles. The van der Waals surface area contributed by atoms with Crippen molar-refractivity contribution in [1.82, 2.24) is 25.1 Å². The van der Waals surface area contributed by atoms with E-state index in [0.717, 1.165) is 5.56 Å². The molecule has 25 heavy (non-hydrogen) atoms. The number of amides is 1. The molecule has 6 nitrogen and oxygen atoms in total. The number of carbonyl (C=O) groups is 1. The van der Waals surface area contributed by atoms with E-state index in [-0.39, 0.29) is 23.0 Å². The average Bonchev–Trinajstić information content (AvgIpc) is 2.94. The summed E-state index contributed by atoms with van der Waals surface area (Å²) >= 11 is 1.27. The fraction of sp³-hybridized carbons (Fsp3) is 0.294. The van der Waals surface area contributed by atoms with Gasteiger partial charge in [-0.15, -0.1) is 10.2 Å². The van der Waals surface area contributed by atoms with E-state index >= 15 is 0 Å². The first-order valence-corrected chi connectivity index (χ1v) is 8.73. The fourth-order valence-electron chi connectivity index (χ4n) is 2.22. The summed E-state index contributed by atoms with van der Waals surface area (Å²) in [7, 11) is 0. The molecule has 0 saturated carbocycles. The molecule has 1 aromatic carbocycles. The van der Waals surface area contributed by atoms with Gasteiger partial charge in [0.2, 0.25) is 11.1 Å². The van der Waals surface area contributed by atoms with Crippen molar-refractivity contribution in [2.75, 3.05) is 5.75 Å². The van der Waals surface area contributed by atoms with E-state index in [9.17, 15) is 9.18 Å². The molecule has 2 heterocycles. The molecule has 0 aliphatic carbocycles. The van der Waals surface area contributed by atoms with Crippen molar-refractivity contribution in [3.05, 3.63) is 42.2 Å².